The van der Waals surface area contributed by atoms with Crippen molar-refractivity contribution in [2.45, 2.75) is 57.1 Å². The second kappa shape index (κ2) is 2.05. The highest BCUT2D eigenvalue weighted by atomic mass is 16.3. The summed E-state index contributed by atoms with van der Waals surface area (Å²) in [7, 11) is 0. The lowest BCUT2D eigenvalue weighted by atomic mass is 9.71. The van der Waals surface area contributed by atoms with Crippen LogP contribution in [-0.4, -0.2) is 16.2 Å². The minimum absolute atomic E-state index is 0.0694. The van der Waals surface area contributed by atoms with Crippen molar-refractivity contribution in [3.63, 3.8) is 0 Å². The SMILES string of the molecule is CC(C)(O)C12CCC(N)(CC1)C2. The first-order valence-electron chi connectivity index (χ1n) is 4.88. The van der Waals surface area contributed by atoms with Gasteiger partial charge in [-0.15, -0.1) is 0 Å². The third-order valence-corrected chi connectivity index (χ3v) is 4.19. The summed E-state index contributed by atoms with van der Waals surface area (Å²) in [6, 6.07) is 0. The molecule has 12 heavy (non-hydrogen) atoms. The lowest BCUT2D eigenvalue weighted by Crippen LogP contribution is -2.40. The zero-order valence-corrected chi connectivity index (χ0v) is 8.06. The highest BCUT2D eigenvalue weighted by molar-refractivity contribution is 5.13. The number of nitrogens with two attached hydrogens (primary N) is 1. The smallest absolute Gasteiger partial charge is 0.0648 e. The molecule has 2 aliphatic carbocycles. The molecule has 2 bridgehead atoms. The number of hydrogen-bond donors (Lipinski definition) is 2. The Labute approximate surface area is 74.1 Å². The van der Waals surface area contributed by atoms with Gasteiger partial charge in [0.25, 0.3) is 0 Å². The van der Waals surface area contributed by atoms with E-state index in [4.69, 9.17) is 5.73 Å². The average Bonchev–Trinajstić information content (AvgIpc) is 2.40. The van der Waals surface area contributed by atoms with Crippen LogP contribution in [0, 0.1) is 5.41 Å². The minimum atomic E-state index is -0.537. The van der Waals surface area contributed by atoms with Crippen LogP contribution in [0.4, 0.5) is 0 Å². The van der Waals surface area contributed by atoms with Gasteiger partial charge < -0.3 is 10.8 Å². The fourth-order valence-electron chi connectivity index (χ4n) is 3.08. The van der Waals surface area contributed by atoms with Gasteiger partial charge in [0.1, 0.15) is 0 Å². The van der Waals surface area contributed by atoms with Crippen LogP contribution in [0.3, 0.4) is 0 Å². The molecule has 0 aromatic carbocycles. The maximum atomic E-state index is 10.1. The maximum Gasteiger partial charge on any atom is 0.0648 e. The summed E-state index contributed by atoms with van der Waals surface area (Å²) in [5.74, 6) is 0. The highest BCUT2D eigenvalue weighted by Crippen LogP contribution is 2.60. The Balaban J connectivity index is 2.27. The summed E-state index contributed by atoms with van der Waals surface area (Å²) in [4.78, 5) is 0. The van der Waals surface area contributed by atoms with Gasteiger partial charge in [-0.05, 0) is 46.0 Å². The van der Waals surface area contributed by atoms with Crippen LogP contribution in [0.15, 0.2) is 0 Å². The molecule has 0 unspecified atom stereocenters. The van der Waals surface area contributed by atoms with Crippen LogP contribution in [0.5, 0.6) is 0 Å². The molecule has 3 N–H and O–H groups in total. The molecule has 0 radical (unpaired) electrons. The van der Waals surface area contributed by atoms with Gasteiger partial charge in [0.15, 0.2) is 0 Å². The van der Waals surface area contributed by atoms with E-state index in [-0.39, 0.29) is 11.0 Å². The zero-order chi connectivity index (χ0) is 9.04. The van der Waals surface area contributed by atoms with Gasteiger partial charge in [0.05, 0.1) is 5.60 Å². The second-order valence-electron chi connectivity index (χ2n) is 5.38. The first-order valence-corrected chi connectivity index (χ1v) is 4.88. The van der Waals surface area contributed by atoms with Gasteiger partial charge in [0.2, 0.25) is 0 Å². The molecule has 0 heterocycles. The molecule has 70 valence electrons. The molecule has 0 saturated heterocycles. The van der Waals surface area contributed by atoms with E-state index >= 15 is 0 Å². The largest absolute Gasteiger partial charge is 0.390 e. The summed E-state index contributed by atoms with van der Waals surface area (Å²) in [6.45, 7) is 3.87. The molecule has 0 atom stereocenters. The van der Waals surface area contributed by atoms with Crippen molar-refractivity contribution < 1.29 is 5.11 Å². The molecular weight excluding hydrogens is 150 g/mol. The van der Waals surface area contributed by atoms with Crippen LogP contribution < -0.4 is 5.73 Å². The van der Waals surface area contributed by atoms with Crippen molar-refractivity contribution in [3.8, 4) is 0 Å². The normalized spacial score (nSPS) is 47.0. The van der Waals surface area contributed by atoms with Gasteiger partial charge in [-0.2, -0.15) is 0 Å². The fourth-order valence-corrected chi connectivity index (χ4v) is 3.08. The maximum absolute atomic E-state index is 10.1. The van der Waals surface area contributed by atoms with Crippen molar-refractivity contribution >= 4 is 0 Å². The number of rotatable bonds is 1. The van der Waals surface area contributed by atoms with Crippen molar-refractivity contribution in [2.24, 2.45) is 11.1 Å². The van der Waals surface area contributed by atoms with Crippen molar-refractivity contribution in [2.75, 3.05) is 0 Å². The van der Waals surface area contributed by atoms with E-state index in [1.165, 1.54) is 0 Å². The van der Waals surface area contributed by atoms with Gasteiger partial charge >= 0.3 is 0 Å². The van der Waals surface area contributed by atoms with Crippen molar-refractivity contribution in [1.82, 2.24) is 0 Å². The Morgan fingerprint density at radius 2 is 1.67 bits per heavy atom. The van der Waals surface area contributed by atoms with Gasteiger partial charge in [-0.25, -0.2) is 0 Å². The van der Waals surface area contributed by atoms with Crippen LogP contribution in [0.1, 0.15) is 46.0 Å². The predicted octanol–water partition coefficient (Wildman–Crippen LogP) is 1.42. The van der Waals surface area contributed by atoms with Gasteiger partial charge in [0, 0.05) is 11.0 Å². The molecule has 0 aromatic heterocycles. The molecule has 0 aliphatic heterocycles. The molecule has 2 aliphatic rings. The lowest BCUT2D eigenvalue weighted by molar-refractivity contribution is -0.0501. The molecular formula is C10H19NO. The van der Waals surface area contributed by atoms with Gasteiger partial charge in [-0.3, -0.25) is 0 Å². The summed E-state index contributed by atoms with van der Waals surface area (Å²) in [6.07, 6.45) is 5.48. The standard InChI is InChI=1S/C10H19NO/c1-8(2,12)9-3-5-10(11,7-9)6-4-9/h12H,3-7,11H2,1-2H3. The molecule has 0 spiro atoms. The van der Waals surface area contributed by atoms with E-state index in [1.807, 2.05) is 13.8 Å². The van der Waals surface area contributed by atoms with E-state index in [0.717, 1.165) is 32.1 Å². The number of aliphatic hydroxyl groups is 1. The van der Waals surface area contributed by atoms with Crippen molar-refractivity contribution in [1.29, 1.82) is 0 Å². The Hall–Kier alpha value is -0.0800. The minimum Gasteiger partial charge on any atom is -0.390 e. The third-order valence-electron chi connectivity index (χ3n) is 4.19. The van der Waals surface area contributed by atoms with E-state index in [9.17, 15) is 5.11 Å². The molecule has 0 amide bonds. The lowest BCUT2D eigenvalue weighted by Gasteiger charge is -2.38. The molecule has 2 nitrogen and oxygen atoms in total. The van der Waals surface area contributed by atoms with Crippen molar-refractivity contribution in [3.05, 3.63) is 0 Å². The molecule has 2 saturated carbocycles. The molecule has 2 fully saturated rings. The van der Waals surface area contributed by atoms with Crippen LogP contribution in [-0.2, 0) is 0 Å². The summed E-state index contributed by atoms with van der Waals surface area (Å²) >= 11 is 0. The summed E-state index contributed by atoms with van der Waals surface area (Å²) in [5, 5.41) is 10.1. The summed E-state index contributed by atoms with van der Waals surface area (Å²) < 4.78 is 0. The van der Waals surface area contributed by atoms with Crippen LogP contribution >= 0.6 is 0 Å². The Kier molecular flexibility index (Phi) is 1.45. The Morgan fingerprint density at radius 1 is 1.17 bits per heavy atom. The topological polar surface area (TPSA) is 46.2 Å². The zero-order valence-electron chi connectivity index (χ0n) is 8.06. The number of hydrogen-bond acceptors (Lipinski definition) is 2. The van der Waals surface area contributed by atoms with E-state index in [2.05, 4.69) is 0 Å². The Morgan fingerprint density at radius 3 is 1.83 bits per heavy atom. The van der Waals surface area contributed by atoms with E-state index < -0.39 is 5.60 Å². The quantitative estimate of drug-likeness (QED) is 0.623. The van der Waals surface area contributed by atoms with E-state index in [0.29, 0.717) is 0 Å². The number of fused-ring (bicyclic) bond motifs is 2. The fraction of sp³-hybridized carbons (Fsp3) is 1.00. The average molecular weight is 169 g/mol. The molecule has 0 aromatic rings. The van der Waals surface area contributed by atoms with E-state index in [1.54, 1.807) is 0 Å². The second-order valence-corrected chi connectivity index (χ2v) is 5.38. The summed E-state index contributed by atoms with van der Waals surface area (Å²) in [5.41, 5.74) is 5.84. The first-order chi connectivity index (χ1) is 5.37. The first kappa shape index (κ1) is 8.52. The van der Waals surface area contributed by atoms with Gasteiger partial charge in [-0.1, -0.05) is 0 Å². The third kappa shape index (κ3) is 0.944. The molecule has 2 heteroatoms. The van der Waals surface area contributed by atoms with Crippen LogP contribution in [0.25, 0.3) is 0 Å². The Bertz CT molecular complexity index is 196. The van der Waals surface area contributed by atoms with Crippen LogP contribution in [0.2, 0.25) is 0 Å². The molecule has 2 rings (SSSR count). The predicted molar refractivity (Wildman–Crippen MR) is 48.7 cm³/mol. The monoisotopic (exact) mass is 169 g/mol. The highest BCUT2D eigenvalue weighted by Gasteiger charge is 2.58.